The van der Waals surface area contributed by atoms with Gasteiger partial charge in [0.15, 0.2) is 0 Å². The van der Waals surface area contributed by atoms with E-state index in [1.807, 2.05) is 36.4 Å². The minimum Gasteiger partial charge on any atom is -0.497 e. The van der Waals surface area contributed by atoms with E-state index in [1.54, 1.807) is 39.6 Å². The molecule has 0 aliphatic carbocycles. The van der Waals surface area contributed by atoms with Crippen LogP contribution < -0.4 is 9.64 Å². The molecule has 0 spiro atoms. The molecular formula is C23H26FN3O3S. The van der Waals surface area contributed by atoms with Gasteiger partial charge in [0, 0.05) is 48.4 Å². The quantitative estimate of drug-likeness (QED) is 0.706. The zero-order chi connectivity index (χ0) is 21.8. The van der Waals surface area contributed by atoms with Crippen molar-refractivity contribution in [1.29, 1.82) is 0 Å². The van der Waals surface area contributed by atoms with Crippen molar-refractivity contribution in [3.63, 3.8) is 0 Å². The Morgan fingerprint density at radius 3 is 2.61 bits per heavy atom. The Bertz CT molecular complexity index is 940. The van der Waals surface area contributed by atoms with Crippen LogP contribution in [0, 0.1) is 5.82 Å². The molecule has 2 aromatic carbocycles. The van der Waals surface area contributed by atoms with Gasteiger partial charge in [-0.05, 0) is 36.8 Å². The number of hydrogen-bond acceptors (Lipinski definition) is 4. The fraction of sp³-hybridized carbons (Fsp3) is 0.391. The van der Waals surface area contributed by atoms with Crippen molar-refractivity contribution in [3.8, 4) is 5.75 Å². The van der Waals surface area contributed by atoms with Crippen LogP contribution in [0.2, 0.25) is 0 Å². The van der Waals surface area contributed by atoms with E-state index in [-0.39, 0.29) is 29.6 Å². The lowest BCUT2D eigenvalue weighted by Gasteiger charge is -2.24. The smallest absolute Gasteiger partial charge is 0.325 e. The van der Waals surface area contributed by atoms with Crippen molar-refractivity contribution in [2.24, 2.45) is 0 Å². The van der Waals surface area contributed by atoms with Gasteiger partial charge < -0.3 is 14.5 Å². The fourth-order valence-electron chi connectivity index (χ4n) is 4.00. The van der Waals surface area contributed by atoms with Crippen molar-refractivity contribution in [1.82, 2.24) is 9.80 Å². The SMILES string of the molecule is COc1ccc(N2CCN(CC(=O)N3CCSC(c4ccccc4F)CC3)C2=O)cc1. The first-order valence-electron chi connectivity index (χ1n) is 10.4. The largest absolute Gasteiger partial charge is 0.497 e. The molecule has 0 radical (unpaired) electrons. The molecule has 0 bridgehead atoms. The predicted molar refractivity (Wildman–Crippen MR) is 120 cm³/mol. The van der Waals surface area contributed by atoms with E-state index in [9.17, 15) is 14.0 Å². The van der Waals surface area contributed by atoms with Crippen molar-refractivity contribution < 1.29 is 18.7 Å². The van der Waals surface area contributed by atoms with Crippen LogP contribution in [0.4, 0.5) is 14.9 Å². The van der Waals surface area contributed by atoms with Gasteiger partial charge >= 0.3 is 6.03 Å². The van der Waals surface area contributed by atoms with Crippen LogP contribution >= 0.6 is 11.8 Å². The summed E-state index contributed by atoms with van der Waals surface area (Å²) in [6.07, 6.45) is 0.698. The zero-order valence-electron chi connectivity index (χ0n) is 17.5. The molecule has 31 heavy (non-hydrogen) atoms. The topological polar surface area (TPSA) is 53.1 Å². The summed E-state index contributed by atoms with van der Waals surface area (Å²) in [5.41, 5.74) is 1.49. The number of urea groups is 1. The molecule has 0 N–H and O–H groups in total. The average Bonchev–Trinajstić information content (AvgIpc) is 2.99. The summed E-state index contributed by atoms with van der Waals surface area (Å²) in [5.74, 6) is 1.23. The number of nitrogens with zero attached hydrogens (tertiary/aromatic N) is 3. The Morgan fingerprint density at radius 2 is 1.87 bits per heavy atom. The minimum absolute atomic E-state index is 0.0398. The molecule has 1 unspecified atom stereocenters. The number of anilines is 1. The highest BCUT2D eigenvalue weighted by molar-refractivity contribution is 7.99. The molecule has 6 nitrogen and oxygen atoms in total. The summed E-state index contributed by atoms with van der Waals surface area (Å²) in [4.78, 5) is 30.8. The van der Waals surface area contributed by atoms with E-state index in [4.69, 9.17) is 4.74 Å². The maximum Gasteiger partial charge on any atom is 0.325 e. The summed E-state index contributed by atoms with van der Waals surface area (Å²) in [6.45, 7) is 2.30. The second-order valence-electron chi connectivity index (χ2n) is 7.60. The number of methoxy groups -OCH3 is 1. The van der Waals surface area contributed by atoms with E-state index in [0.717, 1.165) is 17.2 Å². The molecule has 2 saturated heterocycles. The molecule has 1 atom stereocenters. The molecule has 3 amide bonds. The zero-order valence-corrected chi connectivity index (χ0v) is 18.3. The molecule has 4 rings (SSSR count). The van der Waals surface area contributed by atoms with Crippen LogP contribution in [-0.2, 0) is 4.79 Å². The summed E-state index contributed by atoms with van der Waals surface area (Å²) in [5, 5.41) is 0.0398. The second kappa shape index (κ2) is 9.60. The summed E-state index contributed by atoms with van der Waals surface area (Å²) in [7, 11) is 1.60. The van der Waals surface area contributed by atoms with Crippen LogP contribution in [0.1, 0.15) is 17.2 Å². The van der Waals surface area contributed by atoms with Crippen LogP contribution in [0.15, 0.2) is 48.5 Å². The summed E-state index contributed by atoms with van der Waals surface area (Å²) < 4.78 is 19.3. The highest BCUT2D eigenvalue weighted by Crippen LogP contribution is 2.35. The number of benzene rings is 2. The fourth-order valence-corrected chi connectivity index (χ4v) is 5.25. The van der Waals surface area contributed by atoms with Gasteiger partial charge in [-0.2, -0.15) is 11.8 Å². The Labute approximate surface area is 185 Å². The first-order valence-corrected chi connectivity index (χ1v) is 11.5. The number of ether oxygens (including phenoxy) is 1. The van der Waals surface area contributed by atoms with Gasteiger partial charge in [0.1, 0.15) is 18.1 Å². The molecule has 2 aromatic rings. The van der Waals surface area contributed by atoms with Crippen molar-refractivity contribution in [2.75, 3.05) is 50.5 Å². The number of rotatable bonds is 5. The van der Waals surface area contributed by atoms with Crippen LogP contribution in [0.3, 0.4) is 0 Å². The van der Waals surface area contributed by atoms with Gasteiger partial charge in [0.05, 0.1) is 7.11 Å². The number of amides is 3. The van der Waals surface area contributed by atoms with E-state index < -0.39 is 0 Å². The molecule has 2 aliphatic heterocycles. The molecule has 2 heterocycles. The normalized spacial score (nSPS) is 19.5. The highest BCUT2D eigenvalue weighted by atomic mass is 32.2. The van der Waals surface area contributed by atoms with Crippen molar-refractivity contribution in [2.45, 2.75) is 11.7 Å². The second-order valence-corrected chi connectivity index (χ2v) is 8.91. The molecule has 0 saturated carbocycles. The lowest BCUT2D eigenvalue weighted by Crippen LogP contribution is -2.43. The number of halogens is 1. The number of carbonyl (C=O) groups is 2. The predicted octanol–water partition coefficient (Wildman–Crippen LogP) is 3.78. The Balaban J connectivity index is 1.34. The minimum atomic E-state index is -0.193. The standard InChI is InChI=1S/C23H26FN3O3S/c1-30-18-8-6-17(7-9-18)27-13-12-26(23(27)29)16-22(28)25-11-10-21(31-15-14-25)19-4-2-3-5-20(19)24/h2-9,21H,10-16H2,1H3. The monoisotopic (exact) mass is 443 g/mol. The Kier molecular flexibility index (Phi) is 6.65. The maximum atomic E-state index is 14.1. The van der Waals surface area contributed by atoms with Crippen LogP contribution in [0.5, 0.6) is 5.75 Å². The molecular weight excluding hydrogens is 417 g/mol. The summed E-state index contributed by atoms with van der Waals surface area (Å²) >= 11 is 1.68. The first kappa shape index (κ1) is 21.5. The van der Waals surface area contributed by atoms with Crippen molar-refractivity contribution in [3.05, 3.63) is 59.9 Å². The van der Waals surface area contributed by atoms with Crippen molar-refractivity contribution >= 4 is 29.4 Å². The third-order valence-electron chi connectivity index (χ3n) is 5.75. The number of thioether (sulfide) groups is 1. The van der Waals surface area contributed by atoms with Gasteiger partial charge in [0.2, 0.25) is 5.91 Å². The van der Waals surface area contributed by atoms with Gasteiger partial charge in [-0.1, -0.05) is 18.2 Å². The first-order chi connectivity index (χ1) is 15.1. The molecule has 0 aromatic heterocycles. The van der Waals surface area contributed by atoms with Gasteiger partial charge in [0.25, 0.3) is 0 Å². The Hall–Kier alpha value is -2.74. The van der Waals surface area contributed by atoms with E-state index >= 15 is 0 Å². The molecule has 2 aliphatic rings. The average molecular weight is 444 g/mol. The van der Waals surface area contributed by atoms with Gasteiger partial charge in [-0.3, -0.25) is 9.69 Å². The van der Waals surface area contributed by atoms with E-state index in [2.05, 4.69) is 0 Å². The lowest BCUT2D eigenvalue weighted by molar-refractivity contribution is -0.131. The number of hydrogen-bond donors (Lipinski definition) is 0. The molecule has 164 valence electrons. The van der Waals surface area contributed by atoms with Gasteiger partial charge in [-0.15, -0.1) is 0 Å². The molecule has 8 heteroatoms. The van der Waals surface area contributed by atoms with Gasteiger partial charge in [-0.25, -0.2) is 9.18 Å². The highest BCUT2D eigenvalue weighted by Gasteiger charge is 2.32. The number of carbonyl (C=O) groups excluding carboxylic acids is 2. The van der Waals surface area contributed by atoms with Crippen LogP contribution in [0.25, 0.3) is 0 Å². The third kappa shape index (κ3) is 4.79. The molecule has 2 fully saturated rings. The van der Waals surface area contributed by atoms with E-state index in [0.29, 0.717) is 38.2 Å². The van der Waals surface area contributed by atoms with Crippen LogP contribution in [-0.4, -0.2) is 67.3 Å². The van der Waals surface area contributed by atoms with E-state index in [1.165, 1.54) is 6.07 Å². The lowest BCUT2D eigenvalue weighted by atomic mass is 10.1. The summed E-state index contributed by atoms with van der Waals surface area (Å²) in [6, 6.07) is 14.0. The third-order valence-corrected chi connectivity index (χ3v) is 7.06. The Morgan fingerprint density at radius 1 is 1.10 bits per heavy atom. The maximum absolute atomic E-state index is 14.1.